The van der Waals surface area contributed by atoms with E-state index >= 15 is 0 Å². The number of fused-ring (bicyclic) bond motifs is 1. The molecule has 0 saturated carbocycles. The number of aryl methyl sites for hydroxylation is 1. The van der Waals surface area contributed by atoms with Gasteiger partial charge in [-0.25, -0.2) is 14.6 Å². The van der Waals surface area contributed by atoms with Crippen molar-refractivity contribution in [3.05, 3.63) is 21.9 Å². The molecule has 0 aromatic carbocycles. The number of hydrogen-bond donors (Lipinski definition) is 2. The molecule has 2 N–H and O–H groups in total. The summed E-state index contributed by atoms with van der Waals surface area (Å²) in [6.07, 6.45) is 0.872. The minimum Gasteiger partial charge on any atom is -0.385 e. The lowest BCUT2D eigenvalue weighted by Crippen LogP contribution is -2.11. The van der Waals surface area contributed by atoms with Crippen molar-refractivity contribution in [3.8, 4) is 0 Å². The van der Waals surface area contributed by atoms with Gasteiger partial charge in [-0.15, -0.1) is 11.3 Å². The molecule has 3 aromatic heterocycles. The monoisotopic (exact) mass is 334 g/mol. The molecular weight excluding hydrogens is 316 g/mol. The molecule has 0 radical (unpaired) electrons. The van der Waals surface area contributed by atoms with E-state index in [9.17, 15) is 0 Å². The molecule has 0 atom stereocenters. The molecule has 3 rings (SSSR count). The first-order chi connectivity index (χ1) is 11.3. The van der Waals surface area contributed by atoms with Crippen molar-refractivity contribution in [2.75, 3.05) is 30.9 Å². The average Bonchev–Trinajstić information content (AvgIpc) is 3.17. The van der Waals surface area contributed by atoms with Gasteiger partial charge in [0.1, 0.15) is 0 Å². The maximum absolute atomic E-state index is 5.05. The van der Waals surface area contributed by atoms with E-state index in [1.54, 1.807) is 18.4 Å². The second-order valence-electron chi connectivity index (χ2n) is 4.97. The predicted octanol–water partition coefficient (Wildman–Crippen LogP) is 2.44. The molecule has 122 valence electrons. The number of hydrogen-bond acceptors (Lipinski definition) is 9. The summed E-state index contributed by atoms with van der Waals surface area (Å²) in [4.78, 5) is 11.3. The summed E-state index contributed by atoms with van der Waals surface area (Å²) in [6.45, 7) is 4.18. The molecule has 0 spiro atoms. The third-order valence-electron chi connectivity index (χ3n) is 3.16. The molecule has 0 amide bonds. The van der Waals surface area contributed by atoms with Gasteiger partial charge in [0.2, 0.25) is 11.3 Å². The number of rotatable bonds is 8. The van der Waals surface area contributed by atoms with Crippen LogP contribution in [0.15, 0.2) is 16.8 Å². The molecule has 23 heavy (non-hydrogen) atoms. The first-order valence-corrected chi connectivity index (χ1v) is 8.10. The van der Waals surface area contributed by atoms with Crippen molar-refractivity contribution in [1.29, 1.82) is 0 Å². The number of nitrogens with one attached hydrogen (secondary N) is 2. The fourth-order valence-electron chi connectivity index (χ4n) is 2.06. The summed E-state index contributed by atoms with van der Waals surface area (Å²) >= 11 is 1.75. The lowest BCUT2D eigenvalue weighted by atomic mass is 10.4. The first-order valence-electron chi connectivity index (χ1n) is 7.28. The van der Waals surface area contributed by atoms with Crippen LogP contribution >= 0.6 is 11.3 Å². The van der Waals surface area contributed by atoms with Gasteiger partial charge in [-0.1, -0.05) is 0 Å². The van der Waals surface area contributed by atoms with Crippen LogP contribution in [0.1, 0.15) is 16.2 Å². The Hall–Kier alpha value is -2.26. The molecule has 0 bridgehead atoms. The van der Waals surface area contributed by atoms with Crippen molar-refractivity contribution in [1.82, 2.24) is 20.3 Å². The Morgan fingerprint density at radius 1 is 1.13 bits per heavy atom. The lowest BCUT2D eigenvalue weighted by molar-refractivity contribution is 0.198. The van der Waals surface area contributed by atoms with Gasteiger partial charge in [0.15, 0.2) is 11.6 Å². The van der Waals surface area contributed by atoms with Crippen LogP contribution in [0, 0.1) is 6.92 Å². The van der Waals surface area contributed by atoms with Gasteiger partial charge in [0.25, 0.3) is 0 Å². The van der Waals surface area contributed by atoms with E-state index in [2.05, 4.69) is 54.6 Å². The van der Waals surface area contributed by atoms with Gasteiger partial charge in [-0.2, -0.15) is 0 Å². The normalized spacial score (nSPS) is 11.0. The number of anilines is 2. The predicted molar refractivity (Wildman–Crippen MR) is 88.8 cm³/mol. The molecule has 0 aliphatic rings. The summed E-state index contributed by atoms with van der Waals surface area (Å²) in [6, 6.07) is 4.20. The van der Waals surface area contributed by atoms with Crippen LogP contribution in [0.25, 0.3) is 11.3 Å². The van der Waals surface area contributed by atoms with Crippen LogP contribution in [0.4, 0.5) is 11.6 Å². The highest BCUT2D eigenvalue weighted by Gasteiger charge is 2.12. The van der Waals surface area contributed by atoms with Crippen LogP contribution < -0.4 is 10.6 Å². The van der Waals surface area contributed by atoms with Gasteiger partial charge in [-0.3, -0.25) is 0 Å². The van der Waals surface area contributed by atoms with E-state index < -0.39 is 0 Å². The summed E-state index contributed by atoms with van der Waals surface area (Å²) < 4.78 is 9.73. The van der Waals surface area contributed by atoms with E-state index in [4.69, 9.17) is 4.74 Å². The molecule has 9 heteroatoms. The summed E-state index contributed by atoms with van der Waals surface area (Å²) in [5.74, 6) is 1.27. The Labute approximate surface area is 137 Å². The Morgan fingerprint density at radius 3 is 2.52 bits per heavy atom. The maximum atomic E-state index is 5.05. The molecule has 0 aliphatic heterocycles. The molecule has 8 nitrogen and oxygen atoms in total. The number of methoxy groups -OCH3 is 1. The second-order valence-corrected chi connectivity index (χ2v) is 6.34. The summed E-state index contributed by atoms with van der Waals surface area (Å²) in [5.41, 5.74) is 0.772. The Balaban J connectivity index is 1.74. The highest BCUT2D eigenvalue weighted by molar-refractivity contribution is 7.11. The zero-order chi connectivity index (χ0) is 16.1. The van der Waals surface area contributed by atoms with Gasteiger partial charge in [0.05, 0.1) is 6.54 Å². The van der Waals surface area contributed by atoms with E-state index in [0.29, 0.717) is 36.1 Å². The van der Waals surface area contributed by atoms with Crippen molar-refractivity contribution in [3.63, 3.8) is 0 Å². The van der Waals surface area contributed by atoms with Crippen LogP contribution in [0.3, 0.4) is 0 Å². The highest BCUT2D eigenvalue weighted by atomic mass is 32.1. The summed E-state index contributed by atoms with van der Waals surface area (Å²) in [7, 11) is 1.68. The standard InChI is InChI=1S/C14H18N6O2S/c1-9-4-5-10(23-9)8-16-12-11(15-6-3-7-21-2)17-13-14(18-12)20-22-19-13/h4-5H,3,6-8H2,1-2H3,(H,15,17,19)(H,16,18,20). The third kappa shape index (κ3) is 3.93. The Bertz CT molecular complexity index is 772. The maximum Gasteiger partial charge on any atom is 0.245 e. The first kappa shape index (κ1) is 15.6. The quantitative estimate of drug-likeness (QED) is 0.606. The fourth-order valence-corrected chi connectivity index (χ4v) is 2.89. The molecule has 0 fully saturated rings. The largest absolute Gasteiger partial charge is 0.385 e. The zero-order valence-electron chi connectivity index (χ0n) is 13.0. The molecule has 0 aliphatic carbocycles. The number of aromatic nitrogens is 4. The van der Waals surface area contributed by atoms with Gasteiger partial charge < -0.3 is 15.4 Å². The van der Waals surface area contributed by atoms with E-state index in [1.807, 2.05) is 0 Å². The van der Waals surface area contributed by atoms with Crippen molar-refractivity contribution in [2.24, 2.45) is 0 Å². The van der Waals surface area contributed by atoms with Gasteiger partial charge in [-0.05, 0) is 35.8 Å². The van der Waals surface area contributed by atoms with Crippen molar-refractivity contribution >= 4 is 34.3 Å². The Kier molecular flexibility index (Phi) is 4.99. The molecule has 3 heterocycles. The summed E-state index contributed by atoms with van der Waals surface area (Å²) in [5, 5.41) is 14.0. The lowest BCUT2D eigenvalue weighted by Gasteiger charge is -2.11. The Morgan fingerprint density at radius 2 is 1.87 bits per heavy atom. The number of ether oxygens (including phenoxy) is 1. The van der Waals surface area contributed by atoms with Gasteiger partial charge in [0, 0.05) is 30.0 Å². The molecule has 0 unspecified atom stereocenters. The fraction of sp³-hybridized carbons (Fsp3) is 0.429. The van der Waals surface area contributed by atoms with E-state index in [0.717, 1.165) is 13.0 Å². The smallest absolute Gasteiger partial charge is 0.245 e. The minimum atomic E-state index is 0.386. The van der Waals surface area contributed by atoms with Gasteiger partial charge >= 0.3 is 0 Å². The zero-order valence-corrected chi connectivity index (χ0v) is 13.8. The average molecular weight is 334 g/mol. The number of thiophene rings is 1. The molecular formula is C14H18N6O2S. The van der Waals surface area contributed by atoms with E-state index in [1.165, 1.54) is 9.75 Å². The van der Waals surface area contributed by atoms with Crippen molar-refractivity contribution < 1.29 is 9.37 Å². The van der Waals surface area contributed by atoms with Crippen LogP contribution in [0.2, 0.25) is 0 Å². The SMILES string of the molecule is COCCCNc1nc2nonc2nc1NCc1ccc(C)s1. The number of nitrogens with zero attached hydrogens (tertiary/aromatic N) is 4. The van der Waals surface area contributed by atoms with Crippen molar-refractivity contribution in [2.45, 2.75) is 19.9 Å². The minimum absolute atomic E-state index is 0.386. The highest BCUT2D eigenvalue weighted by Crippen LogP contribution is 2.22. The van der Waals surface area contributed by atoms with Crippen LogP contribution in [-0.2, 0) is 11.3 Å². The second kappa shape index (κ2) is 7.34. The molecule has 0 saturated heterocycles. The molecule has 3 aromatic rings. The topological polar surface area (TPSA) is 98.0 Å². The van der Waals surface area contributed by atoms with Crippen LogP contribution in [-0.4, -0.2) is 40.5 Å². The third-order valence-corrected chi connectivity index (χ3v) is 4.16. The van der Waals surface area contributed by atoms with E-state index in [-0.39, 0.29) is 0 Å². The van der Waals surface area contributed by atoms with Crippen LogP contribution in [0.5, 0.6) is 0 Å².